The number of hydrogen-bond donors (Lipinski definition) is 2. The summed E-state index contributed by atoms with van der Waals surface area (Å²) in [5, 5.41) is 0.0436. The van der Waals surface area contributed by atoms with Crippen LogP contribution in [0.4, 0.5) is 0 Å². The number of hydrogen-bond acceptors (Lipinski definition) is 4. The van der Waals surface area contributed by atoms with Gasteiger partial charge in [0.2, 0.25) is 0 Å². The van der Waals surface area contributed by atoms with Crippen molar-refractivity contribution in [2.24, 2.45) is 23.6 Å². The van der Waals surface area contributed by atoms with Crippen molar-refractivity contribution < 1.29 is 8.42 Å². The molecule has 0 spiro atoms. The van der Waals surface area contributed by atoms with Crippen molar-refractivity contribution in [1.29, 1.82) is 0 Å². The Balaban J connectivity index is 2.27. The zero-order chi connectivity index (χ0) is 14.6. The van der Waals surface area contributed by atoms with E-state index in [-0.39, 0.29) is 27.9 Å². The molecule has 2 rings (SSSR count). The number of aryl methyl sites for hydroxylation is 1. The highest BCUT2D eigenvalue weighted by atomic mass is 32.2. The molecule has 1 aromatic rings. The third kappa shape index (κ3) is 2.09. The van der Waals surface area contributed by atoms with Crippen LogP contribution in [0.1, 0.15) is 27.7 Å². The second-order valence-electron chi connectivity index (χ2n) is 6.55. The van der Waals surface area contributed by atoms with E-state index in [1.54, 1.807) is 11.6 Å². The molecule has 0 aliphatic heterocycles. The summed E-state index contributed by atoms with van der Waals surface area (Å²) in [7, 11) is -1.87. The maximum Gasteiger partial charge on any atom is 0.259 e. The molecular weight excluding hydrogens is 264 g/mol. The van der Waals surface area contributed by atoms with E-state index in [4.69, 9.17) is 5.73 Å². The van der Waals surface area contributed by atoms with E-state index in [9.17, 15) is 8.42 Å². The molecule has 1 fully saturated rings. The predicted octanol–water partition coefficient (Wildman–Crippen LogP) is 0.460. The van der Waals surface area contributed by atoms with Crippen LogP contribution >= 0.6 is 0 Å². The van der Waals surface area contributed by atoms with Crippen LogP contribution in [-0.2, 0) is 17.1 Å². The van der Waals surface area contributed by atoms with Gasteiger partial charge in [0.05, 0.1) is 6.33 Å². The zero-order valence-corrected chi connectivity index (χ0v) is 12.8. The minimum atomic E-state index is -3.60. The molecule has 108 valence electrons. The summed E-state index contributed by atoms with van der Waals surface area (Å²) in [6, 6.07) is -0.251. The van der Waals surface area contributed by atoms with Gasteiger partial charge in [0, 0.05) is 25.3 Å². The molecule has 1 aromatic heterocycles. The average molecular weight is 286 g/mol. The molecule has 0 saturated heterocycles. The number of imidazole rings is 1. The largest absolute Gasteiger partial charge is 0.339 e. The molecule has 0 radical (unpaired) electrons. The van der Waals surface area contributed by atoms with Crippen LogP contribution in [0.2, 0.25) is 0 Å². The lowest BCUT2D eigenvalue weighted by Gasteiger charge is -2.62. The molecule has 1 aliphatic rings. The van der Waals surface area contributed by atoms with Crippen molar-refractivity contribution >= 4 is 10.0 Å². The SMILES string of the molecule is Cn1cnc(S(=O)(=O)NC2C(C)(C)C(N)C2(C)C)c1. The smallest absolute Gasteiger partial charge is 0.259 e. The first kappa shape index (κ1) is 14.5. The normalized spacial score (nSPS) is 28.9. The summed E-state index contributed by atoms with van der Waals surface area (Å²) in [5.74, 6) is 0. The fraction of sp³-hybridized carbons (Fsp3) is 0.750. The van der Waals surface area contributed by atoms with Crippen LogP contribution in [0.25, 0.3) is 0 Å². The number of nitrogens with two attached hydrogens (primary N) is 1. The average Bonchev–Trinajstić information content (AvgIpc) is 2.72. The summed E-state index contributed by atoms with van der Waals surface area (Å²) < 4.78 is 29.0. The summed E-state index contributed by atoms with van der Waals surface area (Å²) in [4.78, 5) is 3.89. The highest BCUT2D eigenvalue weighted by Gasteiger charge is 2.61. The molecule has 1 heterocycles. The van der Waals surface area contributed by atoms with Gasteiger partial charge in [-0.05, 0) is 10.8 Å². The van der Waals surface area contributed by atoms with Crippen LogP contribution in [0.15, 0.2) is 17.6 Å². The van der Waals surface area contributed by atoms with Gasteiger partial charge in [0.15, 0.2) is 5.03 Å². The van der Waals surface area contributed by atoms with Crippen LogP contribution < -0.4 is 10.5 Å². The lowest BCUT2D eigenvalue weighted by atomic mass is 9.49. The van der Waals surface area contributed by atoms with Crippen molar-refractivity contribution in [2.75, 3.05) is 0 Å². The molecule has 0 aromatic carbocycles. The first-order valence-corrected chi connectivity index (χ1v) is 7.74. The van der Waals surface area contributed by atoms with E-state index in [1.807, 2.05) is 27.7 Å². The van der Waals surface area contributed by atoms with Crippen molar-refractivity contribution in [3.63, 3.8) is 0 Å². The third-order valence-electron chi connectivity index (χ3n) is 4.32. The fourth-order valence-electron chi connectivity index (χ4n) is 3.23. The van der Waals surface area contributed by atoms with Gasteiger partial charge in [-0.15, -0.1) is 0 Å². The number of nitrogens with zero attached hydrogens (tertiary/aromatic N) is 2. The fourth-order valence-corrected chi connectivity index (χ4v) is 4.76. The Labute approximate surface area is 114 Å². The number of nitrogens with one attached hydrogen (secondary N) is 1. The highest BCUT2D eigenvalue weighted by Crippen LogP contribution is 2.52. The Morgan fingerprint density at radius 1 is 1.32 bits per heavy atom. The molecule has 7 heteroatoms. The van der Waals surface area contributed by atoms with Crippen molar-refractivity contribution in [1.82, 2.24) is 14.3 Å². The first-order valence-electron chi connectivity index (χ1n) is 6.25. The second-order valence-corrected chi connectivity index (χ2v) is 8.21. The van der Waals surface area contributed by atoms with Crippen LogP contribution in [0, 0.1) is 10.8 Å². The lowest BCUT2D eigenvalue weighted by molar-refractivity contribution is -0.0593. The number of aromatic nitrogens is 2. The number of rotatable bonds is 3. The Hall–Kier alpha value is -0.920. The molecule has 0 unspecified atom stereocenters. The quantitative estimate of drug-likeness (QED) is 0.844. The maximum absolute atomic E-state index is 12.3. The third-order valence-corrected chi connectivity index (χ3v) is 5.63. The molecule has 6 nitrogen and oxygen atoms in total. The molecular formula is C12H22N4O2S. The maximum atomic E-state index is 12.3. The van der Waals surface area contributed by atoms with E-state index in [1.165, 1.54) is 12.5 Å². The van der Waals surface area contributed by atoms with Gasteiger partial charge in [0.1, 0.15) is 0 Å². The zero-order valence-electron chi connectivity index (χ0n) is 12.0. The summed E-state index contributed by atoms with van der Waals surface area (Å²) in [6.07, 6.45) is 2.96. The van der Waals surface area contributed by atoms with E-state index in [0.717, 1.165) is 0 Å². The van der Waals surface area contributed by atoms with Gasteiger partial charge in [-0.25, -0.2) is 18.1 Å². The van der Waals surface area contributed by atoms with Crippen LogP contribution in [-0.4, -0.2) is 30.1 Å². The van der Waals surface area contributed by atoms with Gasteiger partial charge in [-0.2, -0.15) is 0 Å². The topological polar surface area (TPSA) is 90.0 Å². The Morgan fingerprint density at radius 2 is 1.84 bits per heavy atom. The van der Waals surface area contributed by atoms with Crippen LogP contribution in [0.5, 0.6) is 0 Å². The predicted molar refractivity (Wildman–Crippen MR) is 72.9 cm³/mol. The Bertz CT molecular complexity index is 573. The molecule has 19 heavy (non-hydrogen) atoms. The molecule has 1 aliphatic carbocycles. The summed E-state index contributed by atoms with van der Waals surface area (Å²) in [6.45, 7) is 7.92. The first-order chi connectivity index (χ1) is 8.49. The minimum absolute atomic E-state index is 0.0436. The van der Waals surface area contributed by atoms with Gasteiger partial charge < -0.3 is 10.3 Å². The summed E-state index contributed by atoms with van der Waals surface area (Å²) in [5.41, 5.74) is 5.59. The van der Waals surface area contributed by atoms with E-state index in [2.05, 4.69) is 9.71 Å². The molecule has 0 amide bonds. The van der Waals surface area contributed by atoms with Crippen molar-refractivity contribution in [3.05, 3.63) is 12.5 Å². The van der Waals surface area contributed by atoms with Crippen molar-refractivity contribution in [3.8, 4) is 0 Å². The molecule has 0 atom stereocenters. The van der Waals surface area contributed by atoms with Gasteiger partial charge in [-0.3, -0.25) is 0 Å². The van der Waals surface area contributed by atoms with Crippen LogP contribution in [0.3, 0.4) is 0 Å². The molecule has 0 bridgehead atoms. The van der Waals surface area contributed by atoms with Gasteiger partial charge in [-0.1, -0.05) is 27.7 Å². The summed E-state index contributed by atoms with van der Waals surface area (Å²) >= 11 is 0. The standard InChI is InChI=1S/C12H22N4O2S/c1-11(2)9(13)12(3,4)10(11)15-19(17,18)8-6-16(5)7-14-8/h6-7,9-10,15H,13H2,1-5H3. The number of sulfonamides is 1. The van der Waals surface area contributed by atoms with Gasteiger partial charge >= 0.3 is 0 Å². The monoisotopic (exact) mass is 286 g/mol. The minimum Gasteiger partial charge on any atom is -0.339 e. The van der Waals surface area contributed by atoms with Crippen molar-refractivity contribution in [2.45, 2.75) is 44.8 Å². The Morgan fingerprint density at radius 3 is 2.26 bits per heavy atom. The van der Waals surface area contributed by atoms with Gasteiger partial charge in [0.25, 0.3) is 10.0 Å². The lowest BCUT2D eigenvalue weighted by Crippen LogP contribution is -2.75. The Kier molecular flexibility index (Phi) is 3.08. The molecule has 1 saturated carbocycles. The molecule has 3 N–H and O–H groups in total. The highest BCUT2D eigenvalue weighted by molar-refractivity contribution is 7.89. The van der Waals surface area contributed by atoms with E-state index in [0.29, 0.717) is 0 Å². The van der Waals surface area contributed by atoms with E-state index < -0.39 is 10.0 Å². The second kappa shape index (κ2) is 4.04. The van der Waals surface area contributed by atoms with E-state index >= 15 is 0 Å².